The normalized spacial score (nSPS) is 13.2. The van der Waals surface area contributed by atoms with Crippen LogP contribution < -0.4 is 10.1 Å². The lowest BCUT2D eigenvalue weighted by molar-refractivity contribution is -0.142. The minimum absolute atomic E-state index is 0.0625. The Morgan fingerprint density at radius 3 is 2.21 bits per heavy atom. The zero-order valence-electron chi connectivity index (χ0n) is 21.1. The predicted molar refractivity (Wildman–Crippen MR) is 134 cm³/mol. The minimum Gasteiger partial charge on any atom is -0.483 e. The van der Waals surface area contributed by atoms with E-state index in [9.17, 15) is 9.59 Å². The zero-order valence-corrected chi connectivity index (χ0v) is 21.1. The number of hydrogen-bond acceptors (Lipinski definition) is 3. The van der Waals surface area contributed by atoms with Crippen molar-refractivity contribution in [3.8, 4) is 5.75 Å². The molecule has 2 aromatic carbocycles. The van der Waals surface area contributed by atoms with Gasteiger partial charge in [0.25, 0.3) is 5.91 Å². The maximum Gasteiger partial charge on any atom is 0.261 e. The Morgan fingerprint density at radius 1 is 0.970 bits per heavy atom. The average molecular weight is 453 g/mol. The fourth-order valence-corrected chi connectivity index (χ4v) is 3.77. The van der Waals surface area contributed by atoms with Crippen molar-refractivity contribution in [3.63, 3.8) is 0 Å². The first-order chi connectivity index (χ1) is 15.7. The van der Waals surface area contributed by atoms with Crippen LogP contribution in [0.5, 0.6) is 5.75 Å². The number of benzene rings is 2. The second-order valence-corrected chi connectivity index (χ2v) is 9.60. The molecule has 0 saturated heterocycles. The highest BCUT2D eigenvalue weighted by Crippen LogP contribution is 2.31. The molecule has 2 atom stereocenters. The van der Waals surface area contributed by atoms with Crippen molar-refractivity contribution in [2.24, 2.45) is 0 Å². The summed E-state index contributed by atoms with van der Waals surface area (Å²) in [4.78, 5) is 28.1. The lowest BCUT2D eigenvalue weighted by atomic mass is 9.86. The van der Waals surface area contributed by atoms with Crippen LogP contribution in [-0.2, 0) is 21.4 Å². The molecule has 0 aliphatic heterocycles. The molecule has 180 valence electrons. The van der Waals surface area contributed by atoms with Crippen LogP contribution in [0.2, 0.25) is 0 Å². The van der Waals surface area contributed by atoms with E-state index < -0.39 is 6.04 Å². The molecular weight excluding hydrogens is 412 g/mol. The van der Waals surface area contributed by atoms with E-state index in [4.69, 9.17) is 4.74 Å². The summed E-state index contributed by atoms with van der Waals surface area (Å²) in [6, 6.07) is 17.4. The summed E-state index contributed by atoms with van der Waals surface area (Å²) in [6.07, 6.45) is 2.06. The van der Waals surface area contributed by atoms with E-state index in [1.165, 1.54) is 0 Å². The molecule has 0 heterocycles. The van der Waals surface area contributed by atoms with Crippen LogP contribution in [0.4, 0.5) is 0 Å². The van der Waals surface area contributed by atoms with Crippen molar-refractivity contribution < 1.29 is 14.3 Å². The summed E-state index contributed by atoms with van der Waals surface area (Å²) >= 11 is 0. The quantitative estimate of drug-likeness (QED) is 0.514. The van der Waals surface area contributed by atoms with Gasteiger partial charge in [-0.1, -0.05) is 83.1 Å². The standard InChI is InChI=1S/C28H40N2O3/c1-7-21(3)29-27(32)24(8-2)30(19-18-22-14-10-9-11-15-22)26(31)20-33-25-17-13-12-16-23(25)28(4,5)6/h9-17,21,24H,7-8,18-20H2,1-6H3,(H,29,32)/t21-,24+/m1/s1. The SMILES string of the molecule is CC[C@@H](C)NC(=O)[C@H](CC)N(CCc1ccccc1)C(=O)COc1ccccc1C(C)(C)C. The van der Waals surface area contributed by atoms with Gasteiger partial charge >= 0.3 is 0 Å². The van der Waals surface area contributed by atoms with Gasteiger partial charge in [0.2, 0.25) is 5.91 Å². The van der Waals surface area contributed by atoms with Crippen molar-refractivity contribution in [1.29, 1.82) is 0 Å². The number of nitrogens with one attached hydrogen (secondary N) is 1. The summed E-state index contributed by atoms with van der Waals surface area (Å²) < 4.78 is 6.01. The molecule has 0 bridgehead atoms. The fraction of sp³-hybridized carbons (Fsp3) is 0.500. The van der Waals surface area contributed by atoms with Crippen LogP contribution in [0.3, 0.4) is 0 Å². The summed E-state index contributed by atoms with van der Waals surface area (Å²) in [5, 5.41) is 3.04. The number of rotatable bonds is 11. The second kappa shape index (κ2) is 12.4. The molecule has 1 N–H and O–H groups in total. The lowest BCUT2D eigenvalue weighted by Crippen LogP contribution is -2.52. The number of carbonyl (C=O) groups is 2. The maximum atomic E-state index is 13.4. The number of nitrogens with zero attached hydrogens (tertiary/aromatic N) is 1. The Bertz CT molecular complexity index is 890. The summed E-state index contributed by atoms with van der Waals surface area (Å²) in [7, 11) is 0. The molecule has 0 radical (unpaired) electrons. The molecule has 0 aliphatic carbocycles. The molecule has 0 fully saturated rings. The lowest BCUT2D eigenvalue weighted by Gasteiger charge is -2.31. The van der Waals surface area contributed by atoms with E-state index in [1.807, 2.05) is 75.4 Å². The van der Waals surface area contributed by atoms with Crippen LogP contribution in [-0.4, -0.2) is 41.9 Å². The van der Waals surface area contributed by atoms with Gasteiger partial charge in [-0.25, -0.2) is 0 Å². The van der Waals surface area contributed by atoms with Gasteiger partial charge in [-0.15, -0.1) is 0 Å². The van der Waals surface area contributed by atoms with E-state index in [1.54, 1.807) is 4.90 Å². The Labute approximate surface area is 199 Å². The average Bonchev–Trinajstić information content (AvgIpc) is 2.80. The minimum atomic E-state index is -0.531. The molecule has 2 amide bonds. The summed E-state index contributed by atoms with van der Waals surface area (Å²) in [6.45, 7) is 12.7. The molecule has 2 aromatic rings. The highest BCUT2D eigenvalue weighted by molar-refractivity contribution is 5.88. The van der Waals surface area contributed by atoms with Crippen LogP contribution in [0, 0.1) is 0 Å². The van der Waals surface area contributed by atoms with Gasteiger partial charge in [-0.2, -0.15) is 0 Å². The van der Waals surface area contributed by atoms with Gasteiger partial charge in [0.05, 0.1) is 0 Å². The zero-order chi connectivity index (χ0) is 24.4. The van der Waals surface area contributed by atoms with Gasteiger partial charge in [-0.3, -0.25) is 9.59 Å². The predicted octanol–water partition coefficient (Wildman–Crippen LogP) is 5.13. The Balaban J connectivity index is 2.21. The Morgan fingerprint density at radius 2 is 1.61 bits per heavy atom. The summed E-state index contributed by atoms with van der Waals surface area (Å²) in [5.41, 5.74) is 2.08. The van der Waals surface area contributed by atoms with E-state index in [0.717, 1.165) is 17.5 Å². The van der Waals surface area contributed by atoms with Gasteiger partial charge < -0.3 is 15.0 Å². The van der Waals surface area contributed by atoms with Gasteiger partial charge in [0.15, 0.2) is 6.61 Å². The molecule has 2 rings (SSSR count). The number of ether oxygens (including phenoxy) is 1. The van der Waals surface area contributed by atoms with Crippen LogP contribution in [0.1, 0.15) is 65.5 Å². The third-order valence-corrected chi connectivity index (χ3v) is 5.92. The molecule has 0 aromatic heterocycles. The smallest absolute Gasteiger partial charge is 0.261 e. The molecule has 33 heavy (non-hydrogen) atoms. The molecular formula is C28H40N2O3. The van der Waals surface area contributed by atoms with Crippen molar-refractivity contribution in [2.45, 2.75) is 78.3 Å². The molecule has 5 nitrogen and oxygen atoms in total. The van der Waals surface area contributed by atoms with Crippen LogP contribution in [0.25, 0.3) is 0 Å². The van der Waals surface area contributed by atoms with E-state index in [0.29, 0.717) is 25.1 Å². The van der Waals surface area contributed by atoms with Crippen molar-refractivity contribution in [3.05, 3.63) is 65.7 Å². The second-order valence-electron chi connectivity index (χ2n) is 9.60. The third-order valence-electron chi connectivity index (χ3n) is 5.92. The highest BCUT2D eigenvalue weighted by Gasteiger charge is 2.29. The van der Waals surface area contributed by atoms with Gasteiger partial charge in [-0.05, 0) is 48.8 Å². The number of amides is 2. The van der Waals surface area contributed by atoms with E-state index >= 15 is 0 Å². The first kappa shape index (κ1) is 26.4. The highest BCUT2D eigenvalue weighted by atomic mass is 16.5. The number of para-hydroxylation sites is 1. The van der Waals surface area contributed by atoms with Crippen molar-refractivity contribution >= 4 is 11.8 Å². The van der Waals surface area contributed by atoms with Crippen LogP contribution >= 0.6 is 0 Å². The first-order valence-electron chi connectivity index (χ1n) is 12.0. The number of carbonyl (C=O) groups excluding carboxylic acids is 2. The van der Waals surface area contributed by atoms with Crippen molar-refractivity contribution in [1.82, 2.24) is 10.2 Å². The molecule has 0 unspecified atom stereocenters. The maximum absolute atomic E-state index is 13.4. The van der Waals surface area contributed by atoms with Crippen LogP contribution in [0.15, 0.2) is 54.6 Å². The van der Waals surface area contributed by atoms with Gasteiger partial charge in [0, 0.05) is 12.6 Å². The molecule has 0 saturated carbocycles. The Hall–Kier alpha value is -2.82. The third kappa shape index (κ3) is 7.92. The molecule has 0 spiro atoms. The molecule has 0 aliphatic rings. The topological polar surface area (TPSA) is 58.6 Å². The monoisotopic (exact) mass is 452 g/mol. The van der Waals surface area contributed by atoms with E-state index in [2.05, 4.69) is 26.1 Å². The van der Waals surface area contributed by atoms with E-state index in [-0.39, 0.29) is 29.9 Å². The number of hydrogen-bond donors (Lipinski definition) is 1. The molecule has 5 heteroatoms. The first-order valence-corrected chi connectivity index (χ1v) is 12.0. The summed E-state index contributed by atoms with van der Waals surface area (Å²) in [5.74, 6) is 0.419. The Kier molecular flexibility index (Phi) is 9.95. The van der Waals surface area contributed by atoms with Gasteiger partial charge in [0.1, 0.15) is 11.8 Å². The fourth-order valence-electron chi connectivity index (χ4n) is 3.77. The largest absolute Gasteiger partial charge is 0.483 e. The van der Waals surface area contributed by atoms with Crippen molar-refractivity contribution in [2.75, 3.05) is 13.2 Å².